The molecule has 0 spiro atoms. The Morgan fingerprint density at radius 1 is 1.36 bits per heavy atom. The number of carbonyl (C=O) groups is 2. The van der Waals surface area contributed by atoms with Gasteiger partial charge in [-0.2, -0.15) is 0 Å². The minimum atomic E-state index is -0.0290. The number of nitrogens with one attached hydrogen (secondary N) is 2. The van der Waals surface area contributed by atoms with Crippen molar-refractivity contribution in [2.24, 2.45) is 0 Å². The Morgan fingerprint density at radius 2 is 2.27 bits per heavy atom. The maximum Gasteiger partial charge on any atom is 0.261 e. The van der Waals surface area contributed by atoms with Gasteiger partial charge in [-0.3, -0.25) is 9.59 Å². The first kappa shape index (κ1) is 15.5. The zero-order valence-corrected chi connectivity index (χ0v) is 13.6. The van der Waals surface area contributed by atoms with Crippen molar-refractivity contribution in [3.05, 3.63) is 21.9 Å². The van der Waals surface area contributed by atoms with Gasteiger partial charge in [-0.15, -0.1) is 11.3 Å². The normalized spacial score (nSPS) is 22.1. The Balaban J connectivity index is 1.46. The van der Waals surface area contributed by atoms with Crippen LogP contribution in [-0.4, -0.2) is 42.9 Å². The molecule has 2 aliphatic rings. The van der Waals surface area contributed by atoms with Crippen LogP contribution >= 0.6 is 11.3 Å². The standard InChI is InChI=1S/C16H23N3O2S/c20-15-5-1-2-10-19(15)11-9-18-16(21)14-7-6-13(22-14)12-4-3-8-17-12/h6-7,12,17H,1-5,8-11H2,(H,18,21)/t12-/m0/s1. The van der Waals surface area contributed by atoms with E-state index in [0.717, 1.165) is 37.2 Å². The number of thiophene rings is 1. The lowest BCUT2D eigenvalue weighted by molar-refractivity contribution is -0.133. The van der Waals surface area contributed by atoms with E-state index in [4.69, 9.17) is 0 Å². The average molecular weight is 321 g/mol. The fourth-order valence-corrected chi connectivity index (χ4v) is 4.11. The SMILES string of the molecule is O=C(NCCN1CCCCC1=O)c1ccc([C@@H]2CCCN2)s1. The summed E-state index contributed by atoms with van der Waals surface area (Å²) in [5.41, 5.74) is 0. The van der Waals surface area contributed by atoms with Crippen molar-refractivity contribution in [3.8, 4) is 0 Å². The van der Waals surface area contributed by atoms with Crippen molar-refractivity contribution in [3.63, 3.8) is 0 Å². The highest BCUT2D eigenvalue weighted by Crippen LogP contribution is 2.29. The number of rotatable bonds is 5. The molecule has 0 unspecified atom stereocenters. The molecule has 2 amide bonds. The van der Waals surface area contributed by atoms with Crippen molar-refractivity contribution in [2.75, 3.05) is 26.2 Å². The van der Waals surface area contributed by atoms with Crippen LogP contribution in [0.15, 0.2) is 12.1 Å². The van der Waals surface area contributed by atoms with Gasteiger partial charge in [-0.1, -0.05) is 0 Å². The molecule has 3 heterocycles. The molecule has 2 fully saturated rings. The molecule has 1 aromatic rings. The van der Waals surface area contributed by atoms with Crippen LogP contribution in [0.1, 0.15) is 52.7 Å². The summed E-state index contributed by atoms with van der Waals surface area (Å²) in [5, 5.41) is 6.38. The van der Waals surface area contributed by atoms with Gasteiger partial charge in [0, 0.05) is 37.0 Å². The number of likely N-dealkylation sites (tertiary alicyclic amines) is 1. The van der Waals surface area contributed by atoms with Crippen LogP contribution in [-0.2, 0) is 4.79 Å². The number of amides is 2. The van der Waals surface area contributed by atoms with Gasteiger partial charge in [-0.05, 0) is 44.4 Å². The molecule has 2 saturated heterocycles. The lowest BCUT2D eigenvalue weighted by Crippen LogP contribution is -2.40. The van der Waals surface area contributed by atoms with Crippen molar-refractivity contribution in [1.82, 2.24) is 15.5 Å². The Bertz CT molecular complexity index is 537. The van der Waals surface area contributed by atoms with Gasteiger partial charge in [0.05, 0.1) is 4.88 Å². The second-order valence-electron chi connectivity index (χ2n) is 5.94. The first-order chi connectivity index (χ1) is 10.7. The summed E-state index contributed by atoms with van der Waals surface area (Å²) >= 11 is 1.57. The summed E-state index contributed by atoms with van der Waals surface area (Å²) < 4.78 is 0. The third-order valence-electron chi connectivity index (χ3n) is 4.34. The maximum atomic E-state index is 12.2. The van der Waals surface area contributed by atoms with E-state index in [2.05, 4.69) is 16.7 Å². The first-order valence-electron chi connectivity index (χ1n) is 8.13. The smallest absolute Gasteiger partial charge is 0.261 e. The van der Waals surface area contributed by atoms with E-state index in [0.29, 0.717) is 25.6 Å². The Labute approximate surface area is 135 Å². The number of piperidine rings is 1. The van der Waals surface area contributed by atoms with E-state index in [1.165, 1.54) is 11.3 Å². The molecule has 2 aliphatic heterocycles. The molecule has 0 bridgehead atoms. The van der Waals surface area contributed by atoms with Crippen molar-refractivity contribution >= 4 is 23.2 Å². The molecular formula is C16H23N3O2S. The van der Waals surface area contributed by atoms with E-state index in [1.54, 1.807) is 11.3 Å². The Hall–Kier alpha value is -1.40. The van der Waals surface area contributed by atoms with Crippen LogP contribution < -0.4 is 10.6 Å². The fourth-order valence-electron chi connectivity index (χ4n) is 3.08. The number of nitrogens with zero attached hydrogens (tertiary/aromatic N) is 1. The van der Waals surface area contributed by atoms with E-state index < -0.39 is 0 Å². The van der Waals surface area contributed by atoms with Crippen LogP contribution in [0, 0.1) is 0 Å². The maximum absolute atomic E-state index is 12.2. The van der Waals surface area contributed by atoms with Crippen LogP contribution in [0.25, 0.3) is 0 Å². The summed E-state index contributed by atoms with van der Waals surface area (Å²) in [7, 11) is 0. The predicted molar refractivity (Wildman–Crippen MR) is 87.1 cm³/mol. The summed E-state index contributed by atoms with van der Waals surface area (Å²) in [5.74, 6) is 0.185. The van der Waals surface area contributed by atoms with Gasteiger partial charge in [0.25, 0.3) is 5.91 Å². The molecule has 120 valence electrons. The molecular weight excluding hydrogens is 298 g/mol. The Morgan fingerprint density at radius 3 is 3.05 bits per heavy atom. The second kappa shape index (κ2) is 7.24. The molecule has 22 heavy (non-hydrogen) atoms. The van der Waals surface area contributed by atoms with Gasteiger partial charge in [-0.25, -0.2) is 0 Å². The van der Waals surface area contributed by atoms with E-state index in [-0.39, 0.29) is 11.8 Å². The number of carbonyl (C=O) groups excluding carboxylic acids is 2. The van der Waals surface area contributed by atoms with E-state index >= 15 is 0 Å². The zero-order valence-electron chi connectivity index (χ0n) is 12.8. The predicted octanol–water partition coefficient (Wildman–Crippen LogP) is 1.91. The number of hydrogen-bond acceptors (Lipinski definition) is 4. The molecule has 6 heteroatoms. The molecule has 2 N–H and O–H groups in total. The molecule has 0 saturated carbocycles. The minimum Gasteiger partial charge on any atom is -0.350 e. The van der Waals surface area contributed by atoms with Crippen LogP contribution in [0.4, 0.5) is 0 Å². The fraction of sp³-hybridized carbons (Fsp3) is 0.625. The molecule has 1 atom stereocenters. The van der Waals surface area contributed by atoms with Gasteiger partial charge >= 0.3 is 0 Å². The molecule has 5 nitrogen and oxygen atoms in total. The van der Waals surface area contributed by atoms with Crippen molar-refractivity contribution in [2.45, 2.75) is 38.1 Å². The molecule has 0 aromatic carbocycles. The van der Waals surface area contributed by atoms with Crippen molar-refractivity contribution < 1.29 is 9.59 Å². The minimum absolute atomic E-state index is 0.0290. The molecule has 3 rings (SSSR count). The third kappa shape index (κ3) is 3.67. The molecule has 0 aliphatic carbocycles. The van der Waals surface area contributed by atoms with Gasteiger partial charge in [0.2, 0.25) is 5.91 Å². The van der Waals surface area contributed by atoms with Gasteiger partial charge in [0.1, 0.15) is 0 Å². The lowest BCUT2D eigenvalue weighted by atomic mass is 10.1. The monoisotopic (exact) mass is 321 g/mol. The first-order valence-corrected chi connectivity index (χ1v) is 8.95. The third-order valence-corrected chi connectivity index (χ3v) is 5.54. The highest BCUT2D eigenvalue weighted by Gasteiger charge is 2.20. The van der Waals surface area contributed by atoms with Crippen molar-refractivity contribution in [1.29, 1.82) is 0 Å². The van der Waals surface area contributed by atoms with Crippen LogP contribution in [0.2, 0.25) is 0 Å². The number of hydrogen-bond donors (Lipinski definition) is 2. The topological polar surface area (TPSA) is 61.4 Å². The molecule has 1 aromatic heterocycles. The summed E-state index contributed by atoms with van der Waals surface area (Å²) in [6, 6.07) is 4.37. The van der Waals surface area contributed by atoms with Crippen LogP contribution in [0.5, 0.6) is 0 Å². The highest BCUT2D eigenvalue weighted by molar-refractivity contribution is 7.14. The van der Waals surface area contributed by atoms with E-state index in [9.17, 15) is 9.59 Å². The summed E-state index contributed by atoms with van der Waals surface area (Å²) in [4.78, 5) is 27.7. The summed E-state index contributed by atoms with van der Waals surface area (Å²) in [6.45, 7) is 3.03. The quantitative estimate of drug-likeness (QED) is 0.871. The Kier molecular flexibility index (Phi) is 5.10. The second-order valence-corrected chi connectivity index (χ2v) is 7.06. The van der Waals surface area contributed by atoms with E-state index in [1.807, 2.05) is 11.0 Å². The summed E-state index contributed by atoms with van der Waals surface area (Å²) in [6.07, 6.45) is 5.07. The van der Waals surface area contributed by atoms with Gasteiger partial charge < -0.3 is 15.5 Å². The lowest BCUT2D eigenvalue weighted by Gasteiger charge is -2.26. The largest absolute Gasteiger partial charge is 0.350 e. The average Bonchev–Trinajstić information content (AvgIpc) is 3.20. The highest BCUT2D eigenvalue weighted by atomic mass is 32.1. The van der Waals surface area contributed by atoms with Gasteiger partial charge in [0.15, 0.2) is 0 Å². The molecule has 0 radical (unpaired) electrons. The zero-order chi connectivity index (χ0) is 15.4. The van der Waals surface area contributed by atoms with Crippen LogP contribution in [0.3, 0.4) is 0 Å².